The third-order valence-electron chi connectivity index (χ3n) is 10.6. The quantitative estimate of drug-likeness (QED) is 0.0277. The van der Waals surface area contributed by atoms with Crippen LogP contribution in [0.5, 0.6) is 0 Å². The van der Waals surface area contributed by atoms with Gasteiger partial charge in [0.25, 0.3) is 0 Å². The van der Waals surface area contributed by atoms with Gasteiger partial charge in [-0.2, -0.15) is 0 Å². The lowest BCUT2D eigenvalue weighted by atomic mass is 10.0. The van der Waals surface area contributed by atoms with Crippen molar-refractivity contribution in [2.24, 2.45) is 0 Å². The first-order valence-electron chi connectivity index (χ1n) is 24.0. The van der Waals surface area contributed by atoms with Gasteiger partial charge < -0.3 is 19.3 Å². The maximum atomic E-state index is 12.7. The second-order valence-electron chi connectivity index (χ2n) is 16.6. The SMILES string of the molecule is CCCCCCCC/C=C\CCCCCCCCCC(=O)OCC(COP(=O)(O)OCCN(C)C)OC(=O)CCCCCCCCCCCCCCCCCCC. The summed E-state index contributed by atoms with van der Waals surface area (Å²) in [6, 6.07) is 0. The van der Waals surface area contributed by atoms with E-state index >= 15 is 0 Å². The molecular weight excluding hydrogens is 737 g/mol. The van der Waals surface area contributed by atoms with Crippen molar-refractivity contribution in [2.75, 3.05) is 40.5 Å². The van der Waals surface area contributed by atoms with Gasteiger partial charge in [-0.3, -0.25) is 18.6 Å². The van der Waals surface area contributed by atoms with Crippen molar-refractivity contribution >= 4 is 19.8 Å². The van der Waals surface area contributed by atoms with Crippen LogP contribution in [-0.4, -0.2) is 68.3 Å². The molecule has 0 amide bonds. The summed E-state index contributed by atoms with van der Waals surface area (Å²) < 4.78 is 33.6. The van der Waals surface area contributed by atoms with E-state index < -0.39 is 26.5 Å². The predicted molar refractivity (Wildman–Crippen MR) is 239 cm³/mol. The zero-order valence-electron chi connectivity index (χ0n) is 37.8. The zero-order chi connectivity index (χ0) is 41.9. The molecular formula is C47H92NO8P. The first-order valence-corrected chi connectivity index (χ1v) is 25.5. The van der Waals surface area contributed by atoms with Crippen molar-refractivity contribution < 1.29 is 37.6 Å². The van der Waals surface area contributed by atoms with Gasteiger partial charge in [-0.1, -0.05) is 193 Å². The molecule has 0 bridgehead atoms. The van der Waals surface area contributed by atoms with E-state index in [1.165, 1.54) is 167 Å². The van der Waals surface area contributed by atoms with Gasteiger partial charge in [0.2, 0.25) is 0 Å². The van der Waals surface area contributed by atoms with Crippen LogP contribution in [0.4, 0.5) is 0 Å². The Hall–Kier alpha value is -1.25. The van der Waals surface area contributed by atoms with Crippen molar-refractivity contribution in [3.05, 3.63) is 12.2 Å². The molecule has 0 aromatic rings. The fourth-order valence-electron chi connectivity index (χ4n) is 6.86. The highest BCUT2D eigenvalue weighted by molar-refractivity contribution is 7.47. The summed E-state index contributed by atoms with van der Waals surface area (Å²) in [5.74, 6) is -0.794. The molecule has 0 aromatic heterocycles. The number of phosphoric ester groups is 1. The molecule has 0 saturated heterocycles. The summed E-state index contributed by atoms with van der Waals surface area (Å²) in [4.78, 5) is 37.1. The smallest absolute Gasteiger partial charge is 0.462 e. The van der Waals surface area contributed by atoms with Crippen LogP contribution in [0.25, 0.3) is 0 Å². The molecule has 0 rings (SSSR count). The Kier molecular flexibility index (Phi) is 41.9. The summed E-state index contributed by atoms with van der Waals surface area (Å²) in [5, 5.41) is 0. The highest BCUT2D eigenvalue weighted by Crippen LogP contribution is 2.43. The number of ether oxygens (including phenoxy) is 2. The molecule has 0 radical (unpaired) electrons. The van der Waals surface area contributed by atoms with Crippen LogP contribution in [0.2, 0.25) is 0 Å². The van der Waals surface area contributed by atoms with Gasteiger partial charge in [0.1, 0.15) is 6.61 Å². The Morgan fingerprint density at radius 1 is 0.526 bits per heavy atom. The summed E-state index contributed by atoms with van der Waals surface area (Å²) in [6.07, 6.45) is 43.9. The molecule has 0 saturated carbocycles. The van der Waals surface area contributed by atoms with Crippen molar-refractivity contribution in [1.29, 1.82) is 0 Å². The molecule has 0 spiro atoms. The molecule has 9 nitrogen and oxygen atoms in total. The normalized spacial score (nSPS) is 13.4. The first-order chi connectivity index (χ1) is 27.7. The highest BCUT2D eigenvalue weighted by Gasteiger charge is 2.26. The van der Waals surface area contributed by atoms with E-state index in [-0.39, 0.29) is 32.0 Å². The van der Waals surface area contributed by atoms with Crippen LogP contribution in [-0.2, 0) is 32.7 Å². The molecule has 338 valence electrons. The van der Waals surface area contributed by atoms with Gasteiger partial charge in [-0.15, -0.1) is 0 Å². The molecule has 57 heavy (non-hydrogen) atoms. The molecule has 2 atom stereocenters. The van der Waals surface area contributed by atoms with Crippen LogP contribution in [0.1, 0.15) is 232 Å². The van der Waals surface area contributed by atoms with E-state index in [0.29, 0.717) is 13.0 Å². The fraction of sp³-hybridized carbons (Fsp3) is 0.915. The monoisotopic (exact) mass is 830 g/mol. The third kappa shape index (κ3) is 44.1. The number of carbonyl (C=O) groups is 2. The molecule has 0 fully saturated rings. The number of nitrogens with zero attached hydrogens (tertiary/aromatic N) is 1. The van der Waals surface area contributed by atoms with Crippen molar-refractivity contribution in [3.63, 3.8) is 0 Å². The van der Waals surface area contributed by atoms with E-state index in [1.807, 2.05) is 19.0 Å². The molecule has 0 aromatic carbocycles. The molecule has 0 aliphatic heterocycles. The highest BCUT2D eigenvalue weighted by atomic mass is 31.2. The van der Waals surface area contributed by atoms with E-state index in [2.05, 4.69) is 26.0 Å². The first kappa shape index (κ1) is 55.8. The van der Waals surface area contributed by atoms with Gasteiger partial charge >= 0.3 is 19.8 Å². The van der Waals surface area contributed by atoms with Crippen molar-refractivity contribution in [2.45, 2.75) is 238 Å². The maximum absolute atomic E-state index is 12.7. The number of phosphoric acid groups is 1. The molecule has 1 N–H and O–H groups in total. The summed E-state index contributed by atoms with van der Waals surface area (Å²) in [7, 11) is -0.703. The molecule has 0 aliphatic carbocycles. The van der Waals surface area contributed by atoms with Gasteiger partial charge in [-0.05, 0) is 52.6 Å². The molecule has 10 heteroatoms. The Bertz CT molecular complexity index is 962. The van der Waals surface area contributed by atoms with Crippen molar-refractivity contribution in [1.82, 2.24) is 4.90 Å². The van der Waals surface area contributed by atoms with Gasteiger partial charge in [-0.25, -0.2) is 4.57 Å². The third-order valence-corrected chi connectivity index (χ3v) is 11.6. The second kappa shape index (κ2) is 42.9. The number of rotatable bonds is 45. The van der Waals surface area contributed by atoms with Crippen LogP contribution < -0.4 is 0 Å². The maximum Gasteiger partial charge on any atom is 0.472 e. The number of hydrogen-bond acceptors (Lipinski definition) is 8. The summed E-state index contributed by atoms with van der Waals surface area (Å²) in [6.45, 7) is 4.36. The number of unbranched alkanes of at least 4 members (excludes halogenated alkanes) is 29. The summed E-state index contributed by atoms with van der Waals surface area (Å²) >= 11 is 0. The van der Waals surface area contributed by atoms with Gasteiger partial charge in [0, 0.05) is 19.4 Å². The number of carbonyl (C=O) groups excluding carboxylic acids is 2. The largest absolute Gasteiger partial charge is 0.472 e. The Labute approximate surface area is 352 Å². The number of hydrogen-bond donors (Lipinski definition) is 1. The lowest BCUT2D eigenvalue weighted by molar-refractivity contribution is -0.161. The number of likely N-dealkylation sites (N-methyl/N-ethyl adjacent to an activating group) is 1. The van der Waals surface area contributed by atoms with Crippen LogP contribution in [0.3, 0.4) is 0 Å². The molecule has 0 heterocycles. The Morgan fingerprint density at radius 2 is 0.895 bits per heavy atom. The average molecular weight is 830 g/mol. The molecule has 2 unspecified atom stereocenters. The van der Waals surface area contributed by atoms with E-state index in [9.17, 15) is 19.0 Å². The zero-order valence-corrected chi connectivity index (χ0v) is 38.7. The van der Waals surface area contributed by atoms with E-state index in [4.69, 9.17) is 18.5 Å². The lowest BCUT2D eigenvalue weighted by Crippen LogP contribution is -2.29. The van der Waals surface area contributed by atoms with Crippen LogP contribution >= 0.6 is 7.82 Å². The molecule has 0 aliphatic rings. The standard InChI is InChI=1S/C47H92NO8P/c1-5-7-9-11-13-15-17-19-21-23-25-27-29-31-33-35-37-39-46(49)53-43-45(44-55-57(51,52)54-42-41-48(3)4)56-47(50)40-38-36-34-32-30-28-26-24-22-20-18-16-14-12-10-8-6-2/h19,21,45H,5-18,20,22-44H2,1-4H3,(H,51,52)/b21-19-. The number of allylic oxidation sites excluding steroid dienone is 2. The number of esters is 2. The van der Waals surface area contributed by atoms with Crippen LogP contribution in [0, 0.1) is 0 Å². The van der Waals surface area contributed by atoms with E-state index in [1.54, 1.807) is 0 Å². The van der Waals surface area contributed by atoms with Gasteiger partial charge in [0.05, 0.1) is 13.2 Å². The minimum Gasteiger partial charge on any atom is -0.462 e. The Balaban J connectivity index is 4.20. The minimum absolute atomic E-state index is 0.0101. The summed E-state index contributed by atoms with van der Waals surface area (Å²) in [5.41, 5.74) is 0. The van der Waals surface area contributed by atoms with E-state index in [0.717, 1.165) is 32.1 Å². The van der Waals surface area contributed by atoms with Crippen molar-refractivity contribution in [3.8, 4) is 0 Å². The Morgan fingerprint density at radius 3 is 1.30 bits per heavy atom. The topological polar surface area (TPSA) is 112 Å². The average Bonchev–Trinajstić information content (AvgIpc) is 3.18. The predicted octanol–water partition coefficient (Wildman–Crippen LogP) is 14.0. The minimum atomic E-state index is -4.36. The fourth-order valence-corrected chi connectivity index (χ4v) is 7.60. The van der Waals surface area contributed by atoms with Crippen LogP contribution in [0.15, 0.2) is 12.2 Å². The van der Waals surface area contributed by atoms with Gasteiger partial charge in [0.15, 0.2) is 6.10 Å². The second-order valence-corrected chi connectivity index (χ2v) is 18.1. The lowest BCUT2D eigenvalue weighted by Gasteiger charge is -2.20.